The van der Waals surface area contributed by atoms with Crippen LogP contribution in [0.15, 0.2) is 29.3 Å². The number of nitrogens with one attached hydrogen (secondary N) is 1. The highest BCUT2D eigenvalue weighted by atomic mass is 32.1. The van der Waals surface area contributed by atoms with Gasteiger partial charge in [-0.2, -0.15) is 0 Å². The van der Waals surface area contributed by atoms with Gasteiger partial charge in [-0.3, -0.25) is 9.13 Å². The van der Waals surface area contributed by atoms with Crippen molar-refractivity contribution in [2.75, 3.05) is 6.54 Å². The van der Waals surface area contributed by atoms with E-state index in [-0.39, 0.29) is 5.69 Å². The minimum Gasteiger partial charge on any atom is -0.310 e. The molecule has 102 valence electrons. The topological polar surface area (TPSA) is 39.0 Å². The molecule has 1 aliphatic rings. The second-order valence-corrected chi connectivity index (χ2v) is 6.47. The van der Waals surface area contributed by atoms with Crippen molar-refractivity contribution in [3.63, 3.8) is 0 Å². The van der Waals surface area contributed by atoms with E-state index in [0.29, 0.717) is 6.04 Å². The van der Waals surface area contributed by atoms with E-state index in [9.17, 15) is 4.79 Å². The zero-order chi connectivity index (χ0) is 13.2. The second kappa shape index (κ2) is 5.35. The first-order chi connectivity index (χ1) is 9.24. The molecule has 5 heteroatoms. The Balaban J connectivity index is 1.48. The van der Waals surface area contributed by atoms with Gasteiger partial charge in [-0.25, -0.2) is 4.79 Å². The van der Waals surface area contributed by atoms with Gasteiger partial charge in [0.15, 0.2) is 0 Å². The van der Waals surface area contributed by atoms with Gasteiger partial charge in [0.1, 0.15) is 0 Å². The summed E-state index contributed by atoms with van der Waals surface area (Å²) in [5, 5.41) is 3.39. The molecular weight excluding hydrogens is 258 g/mol. The third-order valence-corrected chi connectivity index (χ3v) is 4.44. The quantitative estimate of drug-likeness (QED) is 0.822. The summed E-state index contributed by atoms with van der Waals surface area (Å²) < 4.78 is 3.66. The first-order valence-corrected chi connectivity index (χ1v) is 7.59. The van der Waals surface area contributed by atoms with Crippen LogP contribution in [0.4, 0.5) is 0 Å². The average molecular weight is 277 g/mol. The fraction of sp³-hybridized carbons (Fsp3) is 0.500. The van der Waals surface area contributed by atoms with Gasteiger partial charge in [0.2, 0.25) is 0 Å². The van der Waals surface area contributed by atoms with Crippen LogP contribution in [0.25, 0.3) is 0 Å². The van der Waals surface area contributed by atoms with Crippen molar-refractivity contribution >= 4 is 11.3 Å². The molecule has 2 aromatic heterocycles. The number of hydrogen-bond donors (Lipinski definition) is 1. The van der Waals surface area contributed by atoms with Crippen LogP contribution in [0.5, 0.6) is 0 Å². The number of thiophene rings is 1. The smallest absolute Gasteiger partial charge is 0.310 e. The maximum Gasteiger partial charge on any atom is 0.328 e. The number of rotatable bonds is 6. The molecule has 0 aliphatic heterocycles. The number of hydrogen-bond acceptors (Lipinski definition) is 3. The van der Waals surface area contributed by atoms with E-state index in [1.165, 1.54) is 9.75 Å². The first-order valence-electron chi connectivity index (χ1n) is 6.77. The van der Waals surface area contributed by atoms with Crippen molar-refractivity contribution in [1.82, 2.24) is 14.5 Å². The molecule has 0 spiro atoms. The highest BCUT2D eigenvalue weighted by Gasteiger charge is 2.25. The van der Waals surface area contributed by atoms with E-state index < -0.39 is 0 Å². The Morgan fingerprint density at radius 2 is 2.21 bits per heavy atom. The molecule has 0 saturated heterocycles. The molecule has 3 rings (SSSR count). The van der Waals surface area contributed by atoms with E-state index in [1.54, 1.807) is 4.57 Å². The van der Waals surface area contributed by atoms with Crippen molar-refractivity contribution in [3.05, 3.63) is 44.8 Å². The van der Waals surface area contributed by atoms with Crippen LogP contribution in [-0.4, -0.2) is 15.7 Å². The lowest BCUT2D eigenvalue weighted by molar-refractivity contribution is 0.570. The molecule has 0 bridgehead atoms. The predicted octanol–water partition coefficient (Wildman–Crippen LogP) is 2.14. The SMILES string of the molecule is Cc1ccc(CNCCn2ccn(C3CC3)c2=O)s1. The van der Waals surface area contributed by atoms with E-state index in [0.717, 1.165) is 32.5 Å². The molecule has 1 N–H and O–H groups in total. The maximum absolute atomic E-state index is 12.0. The van der Waals surface area contributed by atoms with Crippen molar-refractivity contribution in [2.24, 2.45) is 0 Å². The summed E-state index contributed by atoms with van der Waals surface area (Å²) in [5.74, 6) is 0. The van der Waals surface area contributed by atoms with Gasteiger partial charge in [-0.15, -0.1) is 11.3 Å². The summed E-state index contributed by atoms with van der Waals surface area (Å²) in [4.78, 5) is 14.7. The summed E-state index contributed by atoms with van der Waals surface area (Å²) in [6.07, 6.45) is 6.13. The number of aryl methyl sites for hydroxylation is 1. The van der Waals surface area contributed by atoms with Crippen LogP contribution >= 0.6 is 11.3 Å². The van der Waals surface area contributed by atoms with E-state index in [4.69, 9.17) is 0 Å². The molecule has 2 aromatic rings. The fourth-order valence-electron chi connectivity index (χ4n) is 2.22. The lowest BCUT2D eigenvalue weighted by Gasteiger charge is -2.03. The summed E-state index contributed by atoms with van der Waals surface area (Å²) >= 11 is 1.82. The summed E-state index contributed by atoms with van der Waals surface area (Å²) in [5.41, 5.74) is 0.135. The van der Waals surface area contributed by atoms with E-state index in [1.807, 2.05) is 28.3 Å². The standard InChI is InChI=1S/C14H19N3OS/c1-11-2-5-13(19-11)10-15-6-7-16-8-9-17(14(16)18)12-3-4-12/h2,5,8-9,12,15H,3-4,6-7,10H2,1H3. The van der Waals surface area contributed by atoms with Gasteiger partial charge in [-0.1, -0.05) is 0 Å². The Kier molecular flexibility index (Phi) is 3.57. The Morgan fingerprint density at radius 1 is 1.37 bits per heavy atom. The molecule has 2 heterocycles. The predicted molar refractivity (Wildman–Crippen MR) is 77.7 cm³/mol. The minimum absolute atomic E-state index is 0.135. The van der Waals surface area contributed by atoms with Gasteiger partial charge >= 0.3 is 5.69 Å². The summed E-state index contributed by atoms with van der Waals surface area (Å²) in [7, 11) is 0. The zero-order valence-corrected chi connectivity index (χ0v) is 11.9. The van der Waals surface area contributed by atoms with Crippen LogP contribution in [0, 0.1) is 6.92 Å². The van der Waals surface area contributed by atoms with Crippen LogP contribution < -0.4 is 11.0 Å². The summed E-state index contributed by atoms with van der Waals surface area (Å²) in [6, 6.07) is 4.76. The Morgan fingerprint density at radius 3 is 2.89 bits per heavy atom. The first kappa shape index (κ1) is 12.7. The molecule has 4 nitrogen and oxygen atoms in total. The Labute approximate surface area is 116 Å². The number of aromatic nitrogens is 2. The van der Waals surface area contributed by atoms with Crippen molar-refractivity contribution in [2.45, 2.75) is 38.9 Å². The molecule has 0 unspecified atom stereocenters. The van der Waals surface area contributed by atoms with Crippen LogP contribution in [0.1, 0.15) is 28.6 Å². The van der Waals surface area contributed by atoms with Crippen LogP contribution in [-0.2, 0) is 13.1 Å². The van der Waals surface area contributed by atoms with Gasteiger partial charge in [-0.05, 0) is 31.9 Å². The molecule has 19 heavy (non-hydrogen) atoms. The largest absolute Gasteiger partial charge is 0.328 e. The highest BCUT2D eigenvalue weighted by Crippen LogP contribution is 2.33. The molecule has 1 aliphatic carbocycles. The lowest BCUT2D eigenvalue weighted by Crippen LogP contribution is -2.28. The van der Waals surface area contributed by atoms with Crippen LogP contribution in [0.3, 0.4) is 0 Å². The number of nitrogens with zero attached hydrogens (tertiary/aromatic N) is 2. The van der Waals surface area contributed by atoms with Gasteiger partial charge in [0, 0.05) is 47.8 Å². The molecule has 1 saturated carbocycles. The molecule has 0 amide bonds. The molecule has 0 aromatic carbocycles. The maximum atomic E-state index is 12.0. The fourth-order valence-corrected chi connectivity index (χ4v) is 3.08. The molecular formula is C14H19N3OS. The van der Waals surface area contributed by atoms with Gasteiger partial charge in [0.25, 0.3) is 0 Å². The minimum atomic E-state index is 0.135. The average Bonchev–Trinajstić information content (AvgIpc) is 3.05. The van der Waals surface area contributed by atoms with E-state index >= 15 is 0 Å². The Hall–Kier alpha value is -1.33. The zero-order valence-electron chi connectivity index (χ0n) is 11.1. The van der Waals surface area contributed by atoms with Crippen molar-refractivity contribution in [3.8, 4) is 0 Å². The Bertz CT molecular complexity index is 606. The van der Waals surface area contributed by atoms with Crippen molar-refractivity contribution in [1.29, 1.82) is 0 Å². The van der Waals surface area contributed by atoms with Gasteiger partial charge < -0.3 is 5.32 Å². The van der Waals surface area contributed by atoms with Crippen molar-refractivity contribution < 1.29 is 0 Å². The molecule has 1 fully saturated rings. The highest BCUT2D eigenvalue weighted by molar-refractivity contribution is 7.11. The summed E-state index contributed by atoms with van der Waals surface area (Å²) in [6.45, 7) is 4.57. The monoisotopic (exact) mass is 277 g/mol. The van der Waals surface area contributed by atoms with Crippen LogP contribution in [0.2, 0.25) is 0 Å². The third kappa shape index (κ3) is 2.98. The lowest BCUT2D eigenvalue weighted by atomic mass is 10.4. The van der Waals surface area contributed by atoms with E-state index in [2.05, 4.69) is 24.4 Å². The third-order valence-electron chi connectivity index (χ3n) is 3.44. The van der Waals surface area contributed by atoms with Gasteiger partial charge in [0.05, 0.1) is 0 Å². The molecule has 0 atom stereocenters. The number of imidazole rings is 1. The molecule has 0 radical (unpaired) electrons. The second-order valence-electron chi connectivity index (χ2n) is 5.10. The normalized spacial score (nSPS) is 15.0.